The lowest BCUT2D eigenvalue weighted by Crippen LogP contribution is -2.16. The third-order valence-electron chi connectivity index (χ3n) is 2.70. The quantitative estimate of drug-likeness (QED) is 0.892. The molecule has 8 heteroatoms. The van der Waals surface area contributed by atoms with E-state index in [0.29, 0.717) is 21.8 Å². The summed E-state index contributed by atoms with van der Waals surface area (Å²) in [5.74, 6) is 0. The number of nitrogens with two attached hydrogens (primary N) is 1. The Labute approximate surface area is 116 Å². The third kappa shape index (κ3) is 2.65. The Bertz CT molecular complexity index is 700. The first kappa shape index (κ1) is 14.0. The number of anilines is 1. The zero-order valence-electron chi connectivity index (χ0n) is 11.0. The standard InChI is InChI=1S/C11H16N4O2S2/c1-7-6-18-10(4-12)11(7)19(16,17)14-9-5-15(3)13-8(9)2/h5-6,14H,4,12H2,1-3H3. The average molecular weight is 300 g/mol. The molecule has 0 atom stereocenters. The van der Waals surface area contributed by atoms with Gasteiger partial charge in [0.25, 0.3) is 10.0 Å². The molecule has 0 unspecified atom stereocenters. The van der Waals surface area contributed by atoms with Crippen molar-refractivity contribution in [1.82, 2.24) is 9.78 Å². The Morgan fingerprint density at radius 2 is 2.16 bits per heavy atom. The van der Waals surface area contributed by atoms with Gasteiger partial charge in [-0.2, -0.15) is 5.10 Å². The van der Waals surface area contributed by atoms with Crippen molar-refractivity contribution in [2.24, 2.45) is 12.8 Å². The lowest BCUT2D eigenvalue weighted by Gasteiger charge is -2.08. The summed E-state index contributed by atoms with van der Waals surface area (Å²) in [5, 5.41) is 5.91. The van der Waals surface area contributed by atoms with Gasteiger partial charge in [0.1, 0.15) is 4.90 Å². The fraction of sp³-hybridized carbons (Fsp3) is 0.364. The highest BCUT2D eigenvalue weighted by Gasteiger charge is 2.23. The highest BCUT2D eigenvalue weighted by Crippen LogP contribution is 2.28. The second-order valence-electron chi connectivity index (χ2n) is 4.28. The van der Waals surface area contributed by atoms with Gasteiger partial charge < -0.3 is 5.73 Å². The maximum atomic E-state index is 12.4. The number of nitrogens with zero attached hydrogens (tertiary/aromatic N) is 2. The SMILES string of the molecule is Cc1csc(CN)c1S(=O)(=O)Nc1cn(C)nc1C. The Morgan fingerprint density at radius 3 is 2.68 bits per heavy atom. The van der Waals surface area contributed by atoms with E-state index in [1.54, 1.807) is 37.2 Å². The molecule has 6 nitrogen and oxygen atoms in total. The zero-order chi connectivity index (χ0) is 14.2. The van der Waals surface area contributed by atoms with Crippen LogP contribution in [0.4, 0.5) is 5.69 Å². The fourth-order valence-electron chi connectivity index (χ4n) is 1.88. The highest BCUT2D eigenvalue weighted by atomic mass is 32.2. The fourth-order valence-corrected chi connectivity index (χ4v) is 4.69. The number of aryl methyl sites for hydroxylation is 3. The number of sulfonamides is 1. The van der Waals surface area contributed by atoms with E-state index < -0.39 is 10.0 Å². The minimum atomic E-state index is -3.63. The molecule has 2 aromatic heterocycles. The molecule has 0 aliphatic carbocycles. The van der Waals surface area contributed by atoms with Crippen LogP contribution in [0.1, 0.15) is 16.1 Å². The summed E-state index contributed by atoms with van der Waals surface area (Å²) >= 11 is 1.36. The van der Waals surface area contributed by atoms with Crippen LogP contribution in [-0.2, 0) is 23.6 Å². The van der Waals surface area contributed by atoms with E-state index in [-0.39, 0.29) is 11.4 Å². The van der Waals surface area contributed by atoms with Gasteiger partial charge in [-0.1, -0.05) is 0 Å². The van der Waals surface area contributed by atoms with Crippen molar-refractivity contribution in [1.29, 1.82) is 0 Å². The van der Waals surface area contributed by atoms with Crippen molar-refractivity contribution in [2.75, 3.05) is 4.72 Å². The van der Waals surface area contributed by atoms with Crippen molar-refractivity contribution >= 4 is 27.0 Å². The summed E-state index contributed by atoms with van der Waals surface area (Å²) < 4.78 is 29.0. The molecule has 0 saturated carbocycles. The van der Waals surface area contributed by atoms with Gasteiger partial charge in [0, 0.05) is 24.7 Å². The molecule has 2 rings (SSSR count). The van der Waals surface area contributed by atoms with Crippen LogP contribution < -0.4 is 10.5 Å². The van der Waals surface area contributed by atoms with E-state index in [1.165, 1.54) is 11.3 Å². The van der Waals surface area contributed by atoms with Gasteiger partial charge in [-0.3, -0.25) is 9.40 Å². The number of hydrogen-bond acceptors (Lipinski definition) is 5. The lowest BCUT2D eigenvalue weighted by atomic mass is 10.3. The van der Waals surface area contributed by atoms with Gasteiger partial charge in [-0.15, -0.1) is 11.3 Å². The molecule has 0 fully saturated rings. The van der Waals surface area contributed by atoms with Crippen molar-refractivity contribution in [3.8, 4) is 0 Å². The number of hydrogen-bond donors (Lipinski definition) is 2. The number of aromatic nitrogens is 2. The second-order valence-corrected chi connectivity index (χ2v) is 6.87. The molecule has 0 aliphatic rings. The van der Waals surface area contributed by atoms with Crippen LogP contribution in [0.15, 0.2) is 16.5 Å². The van der Waals surface area contributed by atoms with Gasteiger partial charge in [0.05, 0.1) is 11.4 Å². The molecule has 0 bridgehead atoms. The van der Waals surface area contributed by atoms with Crippen LogP contribution in [0.5, 0.6) is 0 Å². The Kier molecular flexibility index (Phi) is 3.66. The first-order valence-electron chi connectivity index (χ1n) is 5.65. The van der Waals surface area contributed by atoms with Crippen LogP contribution in [0.2, 0.25) is 0 Å². The summed E-state index contributed by atoms with van der Waals surface area (Å²) in [7, 11) is -1.88. The zero-order valence-corrected chi connectivity index (χ0v) is 12.6. The molecule has 19 heavy (non-hydrogen) atoms. The van der Waals surface area contributed by atoms with Crippen LogP contribution in [0.3, 0.4) is 0 Å². The van der Waals surface area contributed by atoms with Crippen molar-refractivity contribution in [3.05, 3.63) is 27.7 Å². The van der Waals surface area contributed by atoms with Gasteiger partial charge in [-0.05, 0) is 24.8 Å². The van der Waals surface area contributed by atoms with Gasteiger partial charge in [0.2, 0.25) is 0 Å². The van der Waals surface area contributed by atoms with E-state index in [4.69, 9.17) is 5.73 Å². The van der Waals surface area contributed by atoms with Gasteiger partial charge in [-0.25, -0.2) is 8.42 Å². The summed E-state index contributed by atoms with van der Waals surface area (Å²) in [6.45, 7) is 3.73. The first-order valence-corrected chi connectivity index (χ1v) is 8.01. The average Bonchev–Trinajstić information content (AvgIpc) is 2.82. The van der Waals surface area contributed by atoms with E-state index in [2.05, 4.69) is 9.82 Å². The summed E-state index contributed by atoms with van der Waals surface area (Å²) in [5.41, 5.74) is 7.41. The molecule has 2 aromatic rings. The maximum Gasteiger partial charge on any atom is 0.263 e. The smallest absolute Gasteiger partial charge is 0.263 e. The van der Waals surface area contributed by atoms with E-state index in [0.717, 1.165) is 0 Å². The van der Waals surface area contributed by atoms with Gasteiger partial charge >= 0.3 is 0 Å². The Balaban J connectivity index is 2.43. The lowest BCUT2D eigenvalue weighted by molar-refractivity contribution is 0.600. The predicted molar refractivity (Wildman–Crippen MR) is 75.7 cm³/mol. The van der Waals surface area contributed by atoms with E-state index in [9.17, 15) is 8.42 Å². The van der Waals surface area contributed by atoms with Crippen LogP contribution in [0, 0.1) is 13.8 Å². The molecule has 0 spiro atoms. The minimum absolute atomic E-state index is 0.209. The van der Waals surface area contributed by atoms with Gasteiger partial charge in [0.15, 0.2) is 0 Å². The number of rotatable bonds is 4. The monoisotopic (exact) mass is 300 g/mol. The molecule has 0 aliphatic heterocycles. The molecule has 3 N–H and O–H groups in total. The Morgan fingerprint density at radius 1 is 1.47 bits per heavy atom. The largest absolute Gasteiger partial charge is 0.326 e. The molecule has 0 radical (unpaired) electrons. The molecule has 0 amide bonds. The third-order valence-corrected chi connectivity index (χ3v) is 5.55. The normalized spacial score (nSPS) is 11.8. The summed E-state index contributed by atoms with van der Waals surface area (Å²) in [6, 6.07) is 0. The van der Waals surface area contributed by atoms with Crippen LogP contribution in [-0.4, -0.2) is 18.2 Å². The second kappa shape index (κ2) is 4.95. The molecule has 104 valence electrons. The van der Waals surface area contributed by atoms with Crippen molar-refractivity contribution in [3.63, 3.8) is 0 Å². The number of thiophene rings is 1. The Hall–Kier alpha value is -1.38. The predicted octanol–water partition coefficient (Wildman–Crippen LogP) is 1.36. The topological polar surface area (TPSA) is 90.0 Å². The molecular formula is C11H16N4O2S2. The van der Waals surface area contributed by atoms with Crippen LogP contribution >= 0.6 is 11.3 Å². The molecular weight excluding hydrogens is 284 g/mol. The highest BCUT2D eigenvalue weighted by molar-refractivity contribution is 7.93. The molecule has 0 aromatic carbocycles. The summed E-state index contributed by atoms with van der Waals surface area (Å²) in [4.78, 5) is 0.940. The van der Waals surface area contributed by atoms with Crippen molar-refractivity contribution < 1.29 is 8.42 Å². The molecule has 0 saturated heterocycles. The summed E-state index contributed by atoms with van der Waals surface area (Å²) in [6.07, 6.45) is 1.64. The molecule has 2 heterocycles. The minimum Gasteiger partial charge on any atom is -0.326 e. The first-order chi connectivity index (χ1) is 8.85. The van der Waals surface area contributed by atoms with Crippen LogP contribution in [0.25, 0.3) is 0 Å². The van der Waals surface area contributed by atoms with Crippen molar-refractivity contribution in [2.45, 2.75) is 25.3 Å². The number of nitrogens with one attached hydrogen (secondary N) is 1. The van der Waals surface area contributed by atoms with E-state index in [1.807, 2.05) is 0 Å². The van der Waals surface area contributed by atoms with E-state index >= 15 is 0 Å². The maximum absolute atomic E-state index is 12.4.